The second-order valence-corrected chi connectivity index (χ2v) is 6.86. The van der Waals surface area contributed by atoms with Crippen LogP contribution >= 0.6 is 0 Å². The van der Waals surface area contributed by atoms with Crippen LogP contribution in [0, 0.1) is 17.3 Å². The second kappa shape index (κ2) is 5.99. The van der Waals surface area contributed by atoms with Crippen molar-refractivity contribution in [2.24, 2.45) is 17.3 Å². The van der Waals surface area contributed by atoms with Gasteiger partial charge in [-0.15, -0.1) is 0 Å². The van der Waals surface area contributed by atoms with Crippen molar-refractivity contribution >= 4 is 5.97 Å². The molecule has 1 aromatic carbocycles. The van der Waals surface area contributed by atoms with Crippen molar-refractivity contribution in [2.75, 3.05) is 6.61 Å². The van der Waals surface area contributed by atoms with Crippen LogP contribution in [-0.2, 0) is 9.53 Å². The smallest absolute Gasteiger partial charge is 0.308 e. The Kier molecular flexibility index (Phi) is 4.52. The molecule has 0 spiro atoms. The molecule has 2 nitrogen and oxygen atoms in total. The van der Waals surface area contributed by atoms with E-state index in [4.69, 9.17) is 4.74 Å². The first-order chi connectivity index (χ1) is 9.42. The lowest BCUT2D eigenvalue weighted by Gasteiger charge is -2.35. The van der Waals surface area contributed by atoms with Crippen LogP contribution in [0.5, 0.6) is 0 Å². The lowest BCUT2D eigenvalue weighted by Crippen LogP contribution is -2.32. The number of ether oxygens (including phenoxy) is 1. The third-order valence-electron chi connectivity index (χ3n) is 4.81. The van der Waals surface area contributed by atoms with Gasteiger partial charge in [0.05, 0.1) is 12.5 Å². The van der Waals surface area contributed by atoms with Gasteiger partial charge in [0.2, 0.25) is 0 Å². The number of rotatable bonds is 6. The predicted octanol–water partition coefficient (Wildman–Crippen LogP) is 4.41. The van der Waals surface area contributed by atoms with Crippen molar-refractivity contribution in [1.29, 1.82) is 0 Å². The normalized spacial score (nSPS) is 18.4. The van der Waals surface area contributed by atoms with Gasteiger partial charge in [0.25, 0.3) is 0 Å². The summed E-state index contributed by atoms with van der Waals surface area (Å²) >= 11 is 0. The maximum atomic E-state index is 11.7. The molecule has 0 bridgehead atoms. The average Bonchev–Trinajstić information content (AvgIpc) is 3.28. The van der Waals surface area contributed by atoms with Gasteiger partial charge in [-0.2, -0.15) is 0 Å². The number of hydrogen-bond acceptors (Lipinski definition) is 2. The Hall–Kier alpha value is -1.31. The first-order valence-corrected chi connectivity index (χ1v) is 7.63. The topological polar surface area (TPSA) is 26.3 Å². The number of carbonyl (C=O) groups excluding carboxylic acids is 1. The Morgan fingerprint density at radius 1 is 1.25 bits per heavy atom. The van der Waals surface area contributed by atoms with Crippen molar-refractivity contribution in [3.8, 4) is 0 Å². The van der Waals surface area contributed by atoms with E-state index in [1.54, 1.807) is 0 Å². The van der Waals surface area contributed by atoms with Crippen LogP contribution < -0.4 is 0 Å². The monoisotopic (exact) mass is 274 g/mol. The van der Waals surface area contributed by atoms with Crippen LogP contribution in [0.4, 0.5) is 0 Å². The van der Waals surface area contributed by atoms with E-state index in [-0.39, 0.29) is 17.3 Å². The molecule has 0 heterocycles. The Bertz CT molecular complexity index is 446. The number of carbonyl (C=O) groups is 1. The van der Waals surface area contributed by atoms with E-state index < -0.39 is 0 Å². The highest BCUT2D eigenvalue weighted by molar-refractivity contribution is 5.74. The minimum atomic E-state index is -0.0141. The van der Waals surface area contributed by atoms with E-state index in [1.807, 2.05) is 6.07 Å². The highest BCUT2D eigenvalue weighted by Gasteiger charge is 2.35. The summed E-state index contributed by atoms with van der Waals surface area (Å²) in [5.41, 5.74) is 1.33. The molecule has 0 unspecified atom stereocenters. The number of hydrogen-bond donors (Lipinski definition) is 0. The zero-order valence-electron chi connectivity index (χ0n) is 13.1. The first kappa shape index (κ1) is 15.1. The summed E-state index contributed by atoms with van der Waals surface area (Å²) in [6, 6.07) is 10.6. The van der Waals surface area contributed by atoms with Gasteiger partial charge in [0.15, 0.2) is 0 Å². The predicted molar refractivity (Wildman–Crippen MR) is 81.5 cm³/mol. The molecule has 2 rings (SSSR count). The van der Waals surface area contributed by atoms with E-state index in [9.17, 15) is 4.79 Å². The second-order valence-electron chi connectivity index (χ2n) is 6.86. The zero-order valence-corrected chi connectivity index (χ0v) is 13.1. The van der Waals surface area contributed by atoms with E-state index in [0.29, 0.717) is 18.4 Å². The summed E-state index contributed by atoms with van der Waals surface area (Å²) < 4.78 is 5.50. The fraction of sp³-hybridized carbons (Fsp3) is 0.611. The highest BCUT2D eigenvalue weighted by atomic mass is 16.5. The Balaban J connectivity index is 1.94. The van der Waals surface area contributed by atoms with Gasteiger partial charge in [0.1, 0.15) is 0 Å². The molecule has 1 aliphatic rings. The van der Waals surface area contributed by atoms with Gasteiger partial charge >= 0.3 is 5.97 Å². The molecule has 0 aliphatic heterocycles. The summed E-state index contributed by atoms with van der Waals surface area (Å²) in [5.74, 6) is 1.08. The van der Waals surface area contributed by atoms with Crippen molar-refractivity contribution in [2.45, 2.75) is 46.5 Å². The summed E-state index contributed by atoms with van der Waals surface area (Å²) in [6.45, 7) is 9.41. The number of benzene rings is 1. The maximum absolute atomic E-state index is 11.7. The van der Waals surface area contributed by atoms with Gasteiger partial charge in [-0.25, -0.2) is 0 Å². The summed E-state index contributed by atoms with van der Waals surface area (Å²) in [4.78, 5) is 11.7. The van der Waals surface area contributed by atoms with Crippen molar-refractivity contribution in [1.82, 2.24) is 0 Å². The van der Waals surface area contributed by atoms with Crippen molar-refractivity contribution in [3.05, 3.63) is 35.9 Å². The molecule has 1 aliphatic carbocycles. The van der Waals surface area contributed by atoms with Gasteiger partial charge in [-0.1, -0.05) is 58.0 Å². The molecule has 20 heavy (non-hydrogen) atoms. The largest absolute Gasteiger partial charge is 0.465 e. The van der Waals surface area contributed by atoms with Crippen LogP contribution in [0.3, 0.4) is 0 Å². The average molecular weight is 274 g/mol. The minimum absolute atomic E-state index is 0.00219. The molecule has 0 N–H and O–H groups in total. The molecule has 2 atom stereocenters. The summed E-state index contributed by atoms with van der Waals surface area (Å²) in [6.07, 6.45) is 2.02. The van der Waals surface area contributed by atoms with E-state index in [0.717, 1.165) is 12.8 Å². The Morgan fingerprint density at radius 2 is 1.85 bits per heavy atom. The van der Waals surface area contributed by atoms with Gasteiger partial charge in [0, 0.05) is 5.41 Å². The molecule has 0 aromatic heterocycles. The molecule has 0 saturated heterocycles. The van der Waals surface area contributed by atoms with Crippen molar-refractivity contribution in [3.63, 3.8) is 0 Å². The molecule has 0 radical (unpaired) electrons. The van der Waals surface area contributed by atoms with Gasteiger partial charge in [-0.3, -0.25) is 4.79 Å². The van der Waals surface area contributed by atoms with Crippen molar-refractivity contribution < 1.29 is 9.53 Å². The summed E-state index contributed by atoms with van der Waals surface area (Å²) in [7, 11) is 0. The standard InChI is InChI=1S/C18H26O2/c1-13(15-8-6-5-7-9-15)14(2)18(3,4)12-20-17(19)16-10-11-16/h5-9,13-14,16H,10-12H2,1-4H3/t13-,14-/m0/s1. The highest BCUT2D eigenvalue weighted by Crippen LogP contribution is 2.38. The molecule has 1 fully saturated rings. The van der Waals surface area contributed by atoms with Gasteiger partial charge in [-0.05, 0) is 30.2 Å². The Morgan fingerprint density at radius 3 is 2.40 bits per heavy atom. The van der Waals surface area contributed by atoms with Crippen LogP contribution in [0.15, 0.2) is 30.3 Å². The fourth-order valence-electron chi connectivity index (χ4n) is 2.55. The molecule has 1 aromatic rings. The lowest BCUT2D eigenvalue weighted by atomic mass is 9.72. The third kappa shape index (κ3) is 3.62. The maximum Gasteiger partial charge on any atom is 0.308 e. The summed E-state index contributed by atoms with van der Waals surface area (Å²) in [5, 5.41) is 0. The quantitative estimate of drug-likeness (QED) is 0.718. The van der Waals surface area contributed by atoms with Crippen LogP contribution in [0.25, 0.3) is 0 Å². The molecular weight excluding hydrogens is 248 g/mol. The molecular formula is C18H26O2. The molecule has 2 heteroatoms. The SMILES string of the molecule is C[C@H](c1ccccc1)[C@H](C)C(C)(C)COC(=O)C1CC1. The molecule has 110 valence electrons. The zero-order chi connectivity index (χ0) is 14.8. The Labute approximate surface area is 122 Å². The molecule has 1 saturated carbocycles. The van der Waals surface area contributed by atoms with E-state index in [2.05, 4.69) is 52.0 Å². The molecule has 0 amide bonds. The minimum Gasteiger partial charge on any atom is -0.465 e. The van der Waals surface area contributed by atoms with Crippen LogP contribution in [-0.4, -0.2) is 12.6 Å². The third-order valence-corrected chi connectivity index (χ3v) is 4.81. The van der Waals surface area contributed by atoms with Crippen LogP contribution in [0.2, 0.25) is 0 Å². The van der Waals surface area contributed by atoms with Crippen LogP contribution in [0.1, 0.15) is 52.0 Å². The first-order valence-electron chi connectivity index (χ1n) is 7.63. The van der Waals surface area contributed by atoms with E-state index >= 15 is 0 Å². The number of esters is 1. The fourth-order valence-corrected chi connectivity index (χ4v) is 2.55. The lowest BCUT2D eigenvalue weighted by molar-refractivity contribution is -0.149. The van der Waals surface area contributed by atoms with Gasteiger partial charge < -0.3 is 4.74 Å². The van der Waals surface area contributed by atoms with E-state index in [1.165, 1.54) is 5.56 Å².